The molecule has 0 spiro atoms. The van der Waals surface area contributed by atoms with Crippen LogP contribution in [0.5, 0.6) is 5.75 Å². The lowest BCUT2D eigenvalue weighted by Crippen LogP contribution is -2.28. The molecule has 1 aromatic carbocycles. The van der Waals surface area contributed by atoms with Gasteiger partial charge < -0.3 is 15.1 Å². The van der Waals surface area contributed by atoms with Gasteiger partial charge in [0.05, 0.1) is 6.61 Å². The van der Waals surface area contributed by atoms with Gasteiger partial charge in [0, 0.05) is 24.7 Å². The zero-order valence-corrected chi connectivity index (χ0v) is 11.2. The fourth-order valence-electron chi connectivity index (χ4n) is 2.19. The number of aliphatic hydroxyl groups is 1. The van der Waals surface area contributed by atoms with E-state index in [0.717, 1.165) is 36.0 Å². The Bertz CT molecular complexity index is 543. The first-order valence-corrected chi connectivity index (χ1v) is 6.69. The van der Waals surface area contributed by atoms with Gasteiger partial charge in [-0.2, -0.15) is 0 Å². The zero-order valence-electron chi connectivity index (χ0n) is 11.2. The van der Waals surface area contributed by atoms with Gasteiger partial charge in [-0.05, 0) is 30.0 Å². The van der Waals surface area contributed by atoms with Crippen molar-refractivity contribution in [1.82, 2.24) is 4.98 Å². The first-order valence-electron chi connectivity index (χ1n) is 6.69. The van der Waals surface area contributed by atoms with Crippen LogP contribution in [0.2, 0.25) is 0 Å². The summed E-state index contributed by atoms with van der Waals surface area (Å²) in [7, 11) is 0. The third-order valence-corrected chi connectivity index (χ3v) is 3.18. The molecule has 0 amide bonds. The number of unbranched alkanes of at least 4 members (excludes halogenated alkanes) is 1. The number of aromatic hydroxyl groups is 1. The molecular weight excluding hydrogens is 240 g/mol. The van der Waals surface area contributed by atoms with E-state index in [1.54, 1.807) is 18.3 Å². The van der Waals surface area contributed by atoms with E-state index in [9.17, 15) is 10.2 Å². The van der Waals surface area contributed by atoms with Crippen molar-refractivity contribution < 1.29 is 10.2 Å². The number of aromatic nitrogens is 1. The standard InChI is InChI=1S/C15H20N2O2/c1-2-3-8-17(9-10-18)15-14-11-13(19)5-4-12(14)6-7-16-15/h4-7,11,18-19H,2-3,8-10H2,1H3. The molecule has 0 saturated carbocycles. The van der Waals surface area contributed by atoms with Crippen molar-refractivity contribution in [2.45, 2.75) is 19.8 Å². The van der Waals surface area contributed by atoms with Crippen LogP contribution in [0.25, 0.3) is 10.8 Å². The number of nitrogens with zero attached hydrogens (tertiary/aromatic N) is 2. The average molecular weight is 260 g/mol. The smallest absolute Gasteiger partial charge is 0.136 e. The van der Waals surface area contributed by atoms with Crippen molar-refractivity contribution >= 4 is 16.6 Å². The van der Waals surface area contributed by atoms with Crippen molar-refractivity contribution in [2.24, 2.45) is 0 Å². The summed E-state index contributed by atoms with van der Waals surface area (Å²) in [5.74, 6) is 1.07. The molecule has 0 saturated heterocycles. The number of hydrogen-bond acceptors (Lipinski definition) is 4. The molecule has 4 heteroatoms. The molecule has 1 aromatic heterocycles. The van der Waals surface area contributed by atoms with E-state index in [-0.39, 0.29) is 12.4 Å². The van der Waals surface area contributed by atoms with Crippen molar-refractivity contribution in [3.05, 3.63) is 30.5 Å². The van der Waals surface area contributed by atoms with Crippen LogP contribution in [-0.2, 0) is 0 Å². The maximum Gasteiger partial charge on any atom is 0.136 e. The number of anilines is 1. The minimum absolute atomic E-state index is 0.0978. The summed E-state index contributed by atoms with van der Waals surface area (Å²) in [6, 6.07) is 7.21. The number of phenols is 1. The molecule has 2 N–H and O–H groups in total. The van der Waals surface area contributed by atoms with Gasteiger partial charge in [0.15, 0.2) is 0 Å². The van der Waals surface area contributed by atoms with E-state index < -0.39 is 0 Å². The highest BCUT2D eigenvalue weighted by Crippen LogP contribution is 2.27. The van der Waals surface area contributed by atoms with Gasteiger partial charge in [-0.3, -0.25) is 0 Å². The SMILES string of the molecule is CCCCN(CCO)c1nccc2ccc(O)cc12. The molecule has 0 bridgehead atoms. The first kappa shape index (κ1) is 13.6. The average Bonchev–Trinajstić information content (AvgIpc) is 2.43. The molecule has 0 unspecified atom stereocenters. The summed E-state index contributed by atoms with van der Waals surface area (Å²) in [6.45, 7) is 3.65. The van der Waals surface area contributed by atoms with Gasteiger partial charge in [0.2, 0.25) is 0 Å². The molecule has 0 aliphatic carbocycles. The molecular formula is C15H20N2O2. The summed E-state index contributed by atoms with van der Waals surface area (Å²) < 4.78 is 0. The Morgan fingerprint density at radius 3 is 2.79 bits per heavy atom. The summed E-state index contributed by atoms with van der Waals surface area (Å²) in [4.78, 5) is 6.50. The number of fused-ring (bicyclic) bond motifs is 1. The predicted molar refractivity (Wildman–Crippen MR) is 77.6 cm³/mol. The van der Waals surface area contributed by atoms with Gasteiger partial charge in [-0.25, -0.2) is 4.98 Å². The highest BCUT2D eigenvalue weighted by Gasteiger charge is 2.11. The first-order chi connectivity index (χ1) is 9.26. The minimum atomic E-state index is 0.0978. The van der Waals surface area contributed by atoms with E-state index in [1.807, 2.05) is 12.1 Å². The third kappa shape index (κ3) is 3.15. The van der Waals surface area contributed by atoms with Gasteiger partial charge in [-0.15, -0.1) is 0 Å². The Balaban J connectivity index is 2.42. The van der Waals surface area contributed by atoms with Crippen LogP contribution in [0, 0.1) is 0 Å². The molecule has 0 aliphatic heterocycles. The van der Waals surface area contributed by atoms with E-state index in [1.165, 1.54) is 0 Å². The molecule has 0 radical (unpaired) electrons. The maximum absolute atomic E-state index is 9.65. The Morgan fingerprint density at radius 2 is 2.05 bits per heavy atom. The van der Waals surface area contributed by atoms with Crippen LogP contribution < -0.4 is 4.90 Å². The van der Waals surface area contributed by atoms with Gasteiger partial charge in [0.25, 0.3) is 0 Å². The second kappa shape index (κ2) is 6.38. The molecule has 2 aromatic rings. The molecule has 0 fully saturated rings. The Morgan fingerprint density at radius 1 is 1.21 bits per heavy atom. The predicted octanol–water partition coefficient (Wildman–Crippen LogP) is 2.54. The topological polar surface area (TPSA) is 56.6 Å². The normalized spacial score (nSPS) is 10.8. The highest BCUT2D eigenvalue weighted by molar-refractivity contribution is 5.93. The molecule has 1 heterocycles. The lowest BCUT2D eigenvalue weighted by atomic mass is 10.1. The molecule has 19 heavy (non-hydrogen) atoms. The number of phenolic OH excluding ortho intramolecular Hbond substituents is 1. The number of hydrogen-bond donors (Lipinski definition) is 2. The number of rotatable bonds is 6. The van der Waals surface area contributed by atoms with Crippen LogP contribution in [0.15, 0.2) is 30.5 Å². The second-order valence-corrected chi connectivity index (χ2v) is 4.60. The summed E-state index contributed by atoms with van der Waals surface area (Å²) >= 11 is 0. The molecule has 2 rings (SSSR count). The Kier molecular flexibility index (Phi) is 4.58. The zero-order chi connectivity index (χ0) is 13.7. The lowest BCUT2D eigenvalue weighted by molar-refractivity contribution is 0.301. The Hall–Kier alpha value is -1.81. The summed E-state index contributed by atoms with van der Waals surface area (Å²) in [5, 5.41) is 20.8. The molecule has 0 atom stereocenters. The largest absolute Gasteiger partial charge is 0.508 e. The number of benzene rings is 1. The van der Waals surface area contributed by atoms with Crippen molar-refractivity contribution in [3.8, 4) is 5.75 Å². The maximum atomic E-state index is 9.65. The summed E-state index contributed by atoms with van der Waals surface area (Å²) in [5.41, 5.74) is 0. The minimum Gasteiger partial charge on any atom is -0.508 e. The van der Waals surface area contributed by atoms with Gasteiger partial charge >= 0.3 is 0 Å². The van der Waals surface area contributed by atoms with Crippen LogP contribution in [0.4, 0.5) is 5.82 Å². The van der Waals surface area contributed by atoms with Crippen LogP contribution in [0.3, 0.4) is 0 Å². The van der Waals surface area contributed by atoms with Crippen molar-refractivity contribution in [3.63, 3.8) is 0 Å². The van der Waals surface area contributed by atoms with Crippen LogP contribution in [0.1, 0.15) is 19.8 Å². The van der Waals surface area contributed by atoms with E-state index in [4.69, 9.17) is 0 Å². The summed E-state index contributed by atoms with van der Waals surface area (Å²) in [6.07, 6.45) is 3.92. The van der Waals surface area contributed by atoms with Gasteiger partial charge in [-0.1, -0.05) is 19.4 Å². The van der Waals surface area contributed by atoms with Gasteiger partial charge in [0.1, 0.15) is 11.6 Å². The molecule has 102 valence electrons. The fraction of sp³-hybridized carbons (Fsp3) is 0.400. The van der Waals surface area contributed by atoms with Crippen LogP contribution in [-0.4, -0.2) is 34.9 Å². The lowest BCUT2D eigenvalue weighted by Gasteiger charge is -2.24. The number of aliphatic hydroxyl groups excluding tert-OH is 1. The fourth-order valence-corrected chi connectivity index (χ4v) is 2.19. The van der Waals surface area contributed by atoms with E-state index in [2.05, 4.69) is 16.8 Å². The Labute approximate surface area is 113 Å². The second-order valence-electron chi connectivity index (χ2n) is 4.60. The van der Waals surface area contributed by atoms with E-state index in [0.29, 0.717) is 6.54 Å². The van der Waals surface area contributed by atoms with Crippen molar-refractivity contribution in [2.75, 3.05) is 24.6 Å². The quantitative estimate of drug-likeness (QED) is 0.838. The third-order valence-electron chi connectivity index (χ3n) is 3.18. The number of pyridine rings is 1. The monoisotopic (exact) mass is 260 g/mol. The van der Waals surface area contributed by atoms with Crippen LogP contribution >= 0.6 is 0 Å². The van der Waals surface area contributed by atoms with E-state index >= 15 is 0 Å². The van der Waals surface area contributed by atoms with Crippen molar-refractivity contribution in [1.29, 1.82) is 0 Å². The highest BCUT2D eigenvalue weighted by atomic mass is 16.3. The molecule has 0 aliphatic rings. The molecule has 4 nitrogen and oxygen atoms in total.